The number of hydrogen-bond acceptors (Lipinski definition) is 4. The van der Waals surface area contributed by atoms with Gasteiger partial charge in [0, 0.05) is 24.0 Å². The molecule has 0 spiro atoms. The fourth-order valence-electron chi connectivity index (χ4n) is 1.56. The van der Waals surface area contributed by atoms with Gasteiger partial charge in [-0.25, -0.2) is 0 Å². The SMILES string of the molecule is CCSCCC(C)NC(=O)c1cncc(C#CCO)c1. The van der Waals surface area contributed by atoms with Gasteiger partial charge in [0.2, 0.25) is 0 Å². The minimum atomic E-state index is -0.206. The highest BCUT2D eigenvalue weighted by Crippen LogP contribution is 2.06. The van der Waals surface area contributed by atoms with E-state index in [9.17, 15) is 4.79 Å². The van der Waals surface area contributed by atoms with Crippen LogP contribution in [0.15, 0.2) is 18.5 Å². The van der Waals surface area contributed by atoms with Crippen LogP contribution in [0, 0.1) is 11.8 Å². The molecule has 0 aromatic carbocycles. The first-order valence-corrected chi connectivity index (χ1v) is 7.76. The maximum Gasteiger partial charge on any atom is 0.253 e. The van der Waals surface area contributed by atoms with Crippen molar-refractivity contribution in [2.75, 3.05) is 18.1 Å². The van der Waals surface area contributed by atoms with Gasteiger partial charge in [0.05, 0.1) is 5.56 Å². The minimum absolute atomic E-state index is 0.133. The van der Waals surface area contributed by atoms with Crippen LogP contribution in [0.1, 0.15) is 36.2 Å². The van der Waals surface area contributed by atoms with Crippen LogP contribution in [0.4, 0.5) is 0 Å². The molecule has 5 heteroatoms. The molecule has 20 heavy (non-hydrogen) atoms. The van der Waals surface area contributed by atoms with Crippen LogP contribution in [0.25, 0.3) is 0 Å². The Hall–Kier alpha value is -1.51. The van der Waals surface area contributed by atoms with Gasteiger partial charge >= 0.3 is 0 Å². The molecule has 1 unspecified atom stereocenters. The van der Waals surface area contributed by atoms with Gasteiger partial charge in [-0.3, -0.25) is 9.78 Å². The Balaban J connectivity index is 2.58. The Labute approximate surface area is 124 Å². The van der Waals surface area contributed by atoms with E-state index in [1.165, 1.54) is 6.20 Å². The lowest BCUT2D eigenvalue weighted by atomic mass is 10.2. The fourth-order valence-corrected chi connectivity index (χ4v) is 2.37. The number of aromatic nitrogens is 1. The zero-order valence-corrected chi connectivity index (χ0v) is 12.7. The second-order valence-electron chi connectivity index (χ2n) is 4.28. The van der Waals surface area contributed by atoms with Gasteiger partial charge in [0.1, 0.15) is 6.61 Å². The molecule has 1 aromatic rings. The van der Waals surface area contributed by atoms with Crippen molar-refractivity contribution in [1.82, 2.24) is 10.3 Å². The number of amides is 1. The molecule has 0 saturated heterocycles. The summed E-state index contributed by atoms with van der Waals surface area (Å²) in [7, 11) is 0. The summed E-state index contributed by atoms with van der Waals surface area (Å²) in [5.74, 6) is 7.27. The van der Waals surface area contributed by atoms with Crippen molar-refractivity contribution >= 4 is 17.7 Å². The zero-order valence-electron chi connectivity index (χ0n) is 11.8. The van der Waals surface area contributed by atoms with Crippen molar-refractivity contribution in [2.24, 2.45) is 0 Å². The molecule has 0 saturated carbocycles. The maximum absolute atomic E-state index is 12.1. The molecule has 2 N–H and O–H groups in total. The Kier molecular flexibility index (Phi) is 7.78. The smallest absolute Gasteiger partial charge is 0.253 e. The topological polar surface area (TPSA) is 62.2 Å². The van der Waals surface area contributed by atoms with E-state index in [0.29, 0.717) is 11.1 Å². The summed E-state index contributed by atoms with van der Waals surface area (Å²) in [6.45, 7) is 3.91. The van der Waals surface area contributed by atoms with Gasteiger partial charge in [-0.05, 0) is 30.9 Å². The molecule has 108 valence electrons. The largest absolute Gasteiger partial charge is 0.384 e. The number of hydrogen-bond donors (Lipinski definition) is 2. The second-order valence-corrected chi connectivity index (χ2v) is 5.68. The van der Waals surface area contributed by atoms with Crippen molar-refractivity contribution in [3.63, 3.8) is 0 Å². The predicted molar refractivity (Wildman–Crippen MR) is 82.7 cm³/mol. The first-order valence-electron chi connectivity index (χ1n) is 6.60. The molecular weight excluding hydrogens is 272 g/mol. The van der Waals surface area contributed by atoms with Crippen LogP contribution >= 0.6 is 11.8 Å². The van der Waals surface area contributed by atoms with E-state index in [1.807, 2.05) is 18.7 Å². The van der Waals surface area contributed by atoms with Crippen LogP contribution in [0.2, 0.25) is 0 Å². The number of carbonyl (C=O) groups is 1. The van der Waals surface area contributed by atoms with Crippen LogP contribution in [-0.2, 0) is 0 Å². The first-order chi connectivity index (χ1) is 9.67. The van der Waals surface area contributed by atoms with E-state index in [2.05, 4.69) is 29.1 Å². The molecule has 1 heterocycles. The van der Waals surface area contributed by atoms with Gasteiger partial charge < -0.3 is 10.4 Å². The fraction of sp³-hybridized carbons (Fsp3) is 0.467. The summed E-state index contributed by atoms with van der Waals surface area (Å²) in [5, 5.41) is 11.6. The number of thioether (sulfide) groups is 1. The predicted octanol–water partition coefficient (Wildman–Crippen LogP) is 1.69. The number of rotatable bonds is 6. The third-order valence-electron chi connectivity index (χ3n) is 2.59. The lowest BCUT2D eigenvalue weighted by Gasteiger charge is -2.13. The van der Waals surface area contributed by atoms with E-state index >= 15 is 0 Å². The Morgan fingerprint density at radius 3 is 3.05 bits per heavy atom. The second kappa shape index (κ2) is 9.40. The van der Waals surface area contributed by atoms with Crippen LogP contribution in [0.5, 0.6) is 0 Å². The van der Waals surface area contributed by atoms with Gasteiger partial charge in [-0.1, -0.05) is 18.8 Å². The summed E-state index contributed by atoms with van der Waals surface area (Å²) in [4.78, 5) is 16.1. The summed E-state index contributed by atoms with van der Waals surface area (Å²) >= 11 is 1.87. The average Bonchev–Trinajstić information content (AvgIpc) is 2.45. The average molecular weight is 292 g/mol. The number of nitrogens with one attached hydrogen (secondary N) is 1. The van der Waals surface area contributed by atoms with Gasteiger partial charge in [-0.15, -0.1) is 0 Å². The number of nitrogens with zero attached hydrogens (tertiary/aromatic N) is 1. The number of carbonyl (C=O) groups excluding carboxylic acids is 1. The maximum atomic E-state index is 12.1. The molecule has 1 atom stereocenters. The minimum Gasteiger partial charge on any atom is -0.384 e. The normalized spacial score (nSPS) is 11.3. The van der Waals surface area contributed by atoms with Gasteiger partial charge in [0.15, 0.2) is 0 Å². The summed E-state index contributed by atoms with van der Waals surface area (Å²) in [6, 6.07) is 1.81. The molecule has 0 aliphatic heterocycles. The van der Waals surface area contributed by atoms with E-state index in [-0.39, 0.29) is 18.6 Å². The van der Waals surface area contributed by atoms with Crippen molar-refractivity contribution in [3.8, 4) is 11.8 Å². The summed E-state index contributed by atoms with van der Waals surface area (Å²) < 4.78 is 0. The van der Waals surface area contributed by atoms with E-state index in [4.69, 9.17) is 5.11 Å². The van der Waals surface area contributed by atoms with Crippen molar-refractivity contribution < 1.29 is 9.90 Å². The molecule has 0 aliphatic carbocycles. The lowest BCUT2D eigenvalue weighted by Crippen LogP contribution is -2.33. The third kappa shape index (κ3) is 6.09. The van der Waals surface area contributed by atoms with E-state index in [0.717, 1.165) is 17.9 Å². The third-order valence-corrected chi connectivity index (χ3v) is 3.52. The highest BCUT2D eigenvalue weighted by molar-refractivity contribution is 7.99. The number of aliphatic hydroxyl groups excluding tert-OH is 1. The summed E-state index contributed by atoms with van der Waals surface area (Å²) in [6.07, 6.45) is 4.04. The Bertz CT molecular complexity index is 494. The number of pyridine rings is 1. The molecule has 0 bridgehead atoms. The molecule has 4 nitrogen and oxygen atoms in total. The highest BCUT2D eigenvalue weighted by Gasteiger charge is 2.10. The van der Waals surface area contributed by atoms with Crippen LogP contribution in [0.3, 0.4) is 0 Å². The Morgan fingerprint density at radius 2 is 2.35 bits per heavy atom. The van der Waals surface area contributed by atoms with Crippen molar-refractivity contribution in [3.05, 3.63) is 29.6 Å². The van der Waals surface area contributed by atoms with Crippen molar-refractivity contribution in [1.29, 1.82) is 0 Å². The van der Waals surface area contributed by atoms with Crippen LogP contribution in [-0.4, -0.2) is 40.2 Å². The highest BCUT2D eigenvalue weighted by atomic mass is 32.2. The monoisotopic (exact) mass is 292 g/mol. The summed E-state index contributed by atoms with van der Waals surface area (Å²) in [5.41, 5.74) is 1.12. The molecule has 0 radical (unpaired) electrons. The van der Waals surface area contributed by atoms with E-state index in [1.54, 1.807) is 12.3 Å². The van der Waals surface area contributed by atoms with Gasteiger partial charge in [0.25, 0.3) is 5.91 Å². The molecular formula is C15H20N2O2S. The first kappa shape index (κ1) is 16.5. The zero-order chi connectivity index (χ0) is 14.8. The lowest BCUT2D eigenvalue weighted by molar-refractivity contribution is 0.0939. The molecule has 0 fully saturated rings. The Morgan fingerprint density at radius 1 is 1.55 bits per heavy atom. The molecule has 1 rings (SSSR count). The van der Waals surface area contributed by atoms with Crippen molar-refractivity contribution in [2.45, 2.75) is 26.3 Å². The van der Waals surface area contributed by atoms with Crippen LogP contribution < -0.4 is 5.32 Å². The number of aliphatic hydroxyl groups is 1. The molecule has 0 aliphatic rings. The van der Waals surface area contributed by atoms with Gasteiger partial charge in [-0.2, -0.15) is 11.8 Å². The quantitative estimate of drug-likeness (QED) is 0.619. The molecule has 1 amide bonds. The van der Waals surface area contributed by atoms with E-state index < -0.39 is 0 Å². The molecule has 1 aromatic heterocycles. The standard InChI is InChI=1S/C15H20N2O2S/c1-3-20-8-6-12(2)17-15(19)14-9-13(5-4-7-18)10-16-11-14/h9-12,18H,3,6-8H2,1-2H3,(H,17,19).